The number of hydrogen-bond acceptors (Lipinski definition) is 5. The molecule has 1 aromatic heterocycles. The number of amides is 1. The summed E-state index contributed by atoms with van der Waals surface area (Å²) in [5, 5.41) is 4.80. The molecule has 3 rings (SSSR count). The second-order valence-electron chi connectivity index (χ2n) is 7.82. The number of carbonyl (C=O) groups is 1. The van der Waals surface area contributed by atoms with Crippen LogP contribution in [0.1, 0.15) is 56.8 Å². The third-order valence-electron chi connectivity index (χ3n) is 5.20. The first-order valence-corrected chi connectivity index (χ1v) is 10.4. The fourth-order valence-electron chi connectivity index (χ4n) is 3.70. The van der Waals surface area contributed by atoms with E-state index in [0.717, 1.165) is 37.5 Å². The first kappa shape index (κ1) is 20.8. The standard InChI is InChI=1S/C21H29ClN4O2/c1-15(2)21-23-20(24-28-21)10-12-26(16(3)27)19-5-4-11-25(14-19)13-17-6-8-18(22)9-7-17/h6-9,15,19H,4-5,10-14H2,1-3H3. The van der Waals surface area contributed by atoms with E-state index in [-0.39, 0.29) is 17.9 Å². The Morgan fingerprint density at radius 1 is 1.36 bits per heavy atom. The van der Waals surface area contributed by atoms with Crippen molar-refractivity contribution in [1.29, 1.82) is 0 Å². The number of halogens is 1. The number of carbonyl (C=O) groups excluding carboxylic acids is 1. The fraction of sp³-hybridized carbons (Fsp3) is 0.571. The van der Waals surface area contributed by atoms with Crippen LogP contribution in [-0.2, 0) is 17.8 Å². The van der Waals surface area contributed by atoms with Gasteiger partial charge in [-0.1, -0.05) is 42.7 Å². The molecule has 0 saturated carbocycles. The Hall–Kier alpha value is -1.92. The summed E-state index contributed by atoms with van der Waals surface area (Å²) in [5.41, 5.74) is 1.24. The molecule has 152 valence electrons. The molecule has 1 amide bonds. The van der Waals surface area contributed by atoms with E-state index in [1.165, 1.54) is 5.56 Å². The van der Waals surface area contributed by atoms with E-state index >= 15 is 0 Å². The van der Waals surface area contributed by atoms with Crippen molar-refractivity contribution in [3.8, 4) is 0 Å². The number of benzene rings is 1. The minimum Gasteiger partial charge on any atom is -0.339 e. The van der Waals surface area contributed by atoms with Crippen molar-refractivity contribution in [2.24, 2.45) is 0 Å². The lowest BCUT2D eigenvalue weighted by Gasteiger charge is -2.39. The molecule has 1 aromatic carbocycles. The van der Waals surface area contributed by atoms with Gasteiger partial charge in [-0.3, -0.25) is 9.69 Å². The van der Waals surface area contributed by atoms with Gasteiger partial charge in [0, 0.05) is 50.0 Å². The molecule has 6 nitrogen and oxygen atoms in total. The highest BCUT2D eigenvalue weighted by molar-refractivity contribution is 6.30. The Bertz CT molecular complexity index is 775. The van der Waals surface area contributed by atoms with Crippen LogP contribution in [0.3, 0.4) is 0 Å². The molecule has 1 atom stereocenters. The summed E-state index contributed by atoms with van der Waals surface area (Å²) in [7, 11) is 0. The highest BCUT2D eigenvalue weighted by atomic mass is 35.5. The first-order chi connectivity index (χ1) is 13.4. The Morgan fingerprint density at radius 3 is 2.75 bits per heavy atom. The number of rotatable bonds is 7. The quantitative estimate of drug-likeness (QED) is 0.700. The summed E-state index contributed by atoms with van der Waals surface area (Å²) in [5.74, 6) is 1.64. The zero-order chi connectivity index (χ0) is 20.1. The summed E-state index contributed by atoms with van der Waals surface area (Å²) >= 11 is 5.98. The van der Waals surface area contributed by atoms with Gasteiger partial charge in [0.25, 0.3) is 0 Å². The van der Waals surface area contributed by atoms with Gasteiger partial charge in [-0.05, 0) is 37.1 Å². The summed E-state index contributed by atoms with van der Waals surface area (Å²) in [6.45, 7) is 9.12. The Labute approximate surface area is 171 Å². The molecule has 0 spiro atoms. The molecule has 0 N–H and O–H groups in total. The van der Waals surface area contributed by atoms with Crippen LogP contribution in [-0.4, -0.2) is 51.5 Å². The number of piperidine rings is 1. The molecule has 1 saturated heterocycles. The minimum absolute atomic E-state index is 0.103. The summed E-state index contributed by atoms with van der Waals surface area (Å²) in [6, 6.07) is 8.21. The second-order valence-corrected chi connectivity index (χ2v) is 8.26. The van der Waals surface area contributed by atoms with E-state index in [4.69, 9.17) is 16.1 Å². The van der Waals surface area contributed by atoms with Gasteiger partial charge in [0.05, 0.1) is 0 Å². The van der Waals surface area contributed by atoms with Crippen LogP contribution in [0.5, 0.6) is 0 Å². The summed E-state index contributed by atoms with van der Waals surface area (Å²) < 4.78 is 5.27. The molecule has 2 aromatic rings. The molecule has 7 heteroatoms. The van der Waals surface area contributed by atoms with Gasteiger partial charge < -0.3 is 9.42 Å². The maximum Gasteiger partial charge on any atom is 0.229 e. The monoisotopic (exact) mass is 404 g/mol. The van der Waals surface area contributed by atoms with Crippen molar-refractivity contribution in [3.63, 3.8) is 0 Å². The lowest BCUT2D eigenvalue weighted by molar-refractivity contribution is -0.132. The summed E-state index contributed by atoms with van der Waals surface area (Å²) in [6.07, 6.45) is 2.73. The van der Waals surface area contributed by atoms with Gasteiger partial charge in [-0.15, -0.1) is 0 Å². The molecule has 0 bridgehead atoms. The molecular formula is C21H29ClN4O2. The molecule has 1 fully saturated rings. The van der Waals surface area contributed by atoms with Gasteiger partial charge in [0.15, 0.2) is 5.82 Å². The van der Waals surface area contributed by atoms with Gasteiger partial charge in [0.2, 0.25) is 11.8 Å². The smallest absolute Gasteiger partial charge is 0.229 e. The van der Waals surface area contributed by atoms with E-state index in [1.54, 1.807) is 6.92 Å². The summed E-state index contributed by atoms with van der Waals surface area (Å²) in [4.78, 5) is 21.1. The largest absolute Gasteiger partial charge is 0.339 e. The molecule has 28 heavy (non-hydrogen) atoms. The fourth-order valence-corrected chi connectivity index (χ4v) is 3.82. The van der Waals surface area contributed by atoms with Crippen LogP contribution < -0.4 is 0 Å². The van der Waals surface area contributed by atoms with E-state index in [1.807, 2.05) is 30.9 Å². The first-order valence-electron chi connectivity index (χ1n) is 9.99. The second kappa shape index (κ2) is 9.52. The Morgan fingerprint density at radius 2 is 2.11 bits per heavy atom. The van der Waals surface area contributed by atoms with Crippen molar-refractivity contribution in [1.82, 2.24) is 19.9 Å². The van der Waals surface area contributed by atoms with E-state index in [0.29, 0.717) is 24.7 Å². The molecular weight excluding hydrogens is 376 g/mol. The van der Waals surface area contributed by atoms with Gasteiger partial charge in [-0.25, -0.2) is 0 Å². The number of aromatic nitrogens is 2. The third kappa shape index (κ3) is 5.55. The Kier molecular flexibility index (Phi) is 7.08. The van der Waals surface area contributed by atoms with Gasteiger partial charge in [0.1, 0.15) is 0 Å². The van der Waals surface area contributed by atoms with Crippen molar-refractivity contribution in [2.75, 3.05) is 19.6 Å². The van der Waals surface area contributed by atoms with Crippen LogP contribution in [0.2, 0.25) is 5.02 Å². The number of hydrogen-bond donors (Lipinski definition) is 0. The lowest BCUT2D eigenvalue weighted by atomic mass is 10.0. The third-order valence-corrected chi connectivity index (χ3v) is 5.45. The van der Waals surface area contributed by atoms with Crippen LogP contribution in [0.15, 0.2) is 28.8 Å². The maximum absolute atomic E-state index is 12.3. The minimum atomic E-state index is 0.103. The topological polar surface area (TPSA) is 62.5 Å². The predicted molar refractivity (Wildman–Crippen MR) is 109 cm³/mol. The molecule has 2 heterocycles. The van der Waals surface area contributed by atoms with E-state index in [2.05, 4.69) is 27.2 Å². The average molecular weight is 405 g/mol. The van der Waals surface area contributed by atoms with E-state index < -0.39 is 0 Å². The van der Waals surface area contributed by atoms with Crippen LogP contribution in [0, 0.1) is 0 Å². The number of nitrogens with zero attached hydrogens (tertiary/aromatic N) is 4. The highest BCUT2D eigenvalue weighted by Gasteiger charge is 2.27. The normalized spacial score (nSPS) is 17.8. The molecule has 1 aliphatic heterocycles. The maximum atomic E-state index is 12.3. The molecule has 1 aliphatic rings. The van der Waals surface area contributed by atoms with Crippen molar-refractivity contribution < 1.29 is 9.32 Å². The lowest BCUT2D eigenvalue weighted by Crippen LogP contribution is -2.50. The number of likely N-dealkylation sites (tertiary alicyclic amines) is 1. The highest BCUT2D eigenvalue weighted by Crippen LogP contribution is 2.20. The van der Waals surface area contributed by atoms with Crippen molar-refractivity contribution >= 4 is 17.5 Å². The average Bonchev–Trinajstić information content (AvgIpc) is 3.13. The molecule has 0 aliphatic carbocycles. The zero-order valence-corrected chi connectivity index (χ0v) is 17.7. The predicted octanol–water partition coefficient (Wildman–Crippen LogP) is 3.90. The van der Waals surface area contributed by atoms with Crippen LogP contribution in [0.4, 0.5) is 0 Å². The molecule has 0 radical (unpaired) electrons. The zero-order valence-electron chi connectivity index (χ0n) is 16.9. The molecule has 1 unspecified atom stereocenters. The van der Waals surface area contributed by atoms with Crippen LogP contribution in [0.25, 0.3) is 0 Å². The van der Waals surface area contributed by atoms with Crippen LogP contribution >= 0.6 is 11.6 Å². The SMILES string of the molecule is CC(=O)N(CCc1noc(C(C)C)n1)C1CCCN(Cc2ccc(Cl)cc2)C1. The Balaban J connectivity index is 1.59. The van der Waals surface area contributed by atoms with Gasteiger partial charge >= 0.3 is 0 Å². The van der Waals surface area contributed by atoms with Gasteiger partial charge in [-0.2, -0.15) is 4.98 Å². The van der Waals surface area contributed by atoms with Crippen molar-refractivity contribution in [2.45, 2.75) is 58.5 Å². The van der Waals surface area contributed by atoms with Crippen molar-refractivity contribution in [3.05, 3.63) is 46.6 Å². The van der Waals surface area contributed by atoms with E-state index in [9.17, 15) is 4.79 Å².